The van der Waals surface area contributed by atoms with Gasteiger partial charge < -0.3 is 20.1 Å². The van der Waals surface area contributed by atoms with Crippen molar-refractivity contribution in [2.75, 3.05) is 19.6 Å². The van der Waals surface area contributed by atoms with Crippen LogP contribution in [0.5, 0.6) is 0 Å². The van der Waals surface area contributed by atoms with Crippen LogP contribution >= 0.6 is 0 Å². The molecule has 2 heterocycles. The highest BCUT2D eigenvalue weighted by molar-refractivity contribution is 5.81. The summed E-state index contributed by atoms with van der Waals surface area (Å²) in [6.45, 7) is 5.81. The van der Waals surface area contributed by atoms with Crippen LogP contribution in [0.25, 0.3) is 0 Å². The van der Waals surface area contributed by atoms with E-state index < -0.39 is 0 Å². The lowest BCUT2D eigenvalue weighted by Crippen LogP contribution is -2.51. The topological polar surface area (TPSA) is 64.8 Å². The van der Waals surface area contributed by atoms with Gasteiger partial charge in [0.25, 0.3) is 5.91 Å². The molecule has 98 valence electrons. The van der Waals surface area contributed by atoms with Crippen LogP contribution in [0.2, 0.25) is 0 Å². The molecule has 5 heteroatoms. The lowest BCUT2D eigenvalue weighted by molar-refractivity contribution is -0.154. The number of nitrogens with two attached hydrogens (primary N) is 1. The molecule has 1 amide bonds. The van der Waals surface area contributed by atoms with E-state index in [-0.39, 0.29) is 30.3 Å². The fourth-order valence-electron chi connectivity index (χ4n) is 2.62. The van der Waals surface area contributed by atoms with Crippen molar-refractivity contribution in [3.8, 4) is 0 Å². The molecule has 2 aliphatic heterocycles. The van der Waals surface area contributed by atoms with Gasteiger partial charge in [0.05, 0.1) is 18.3 Å². The van der Waals surface area contributed by atoms with Gasteiger partial charge in [0, 0.05) is 19.6 Å². The van der Waals surface area contributed by atoms with Crippen molar-refractivity contribution in [3.05, 3.63) is 0 Å². The fraction of sp³-hybridized carbons (Fsp3) is 0.917. The third kappa shape index (κ3) is 2.97. The van der Waals surface area contributed by atoms with Gasteiger partial charge in [-0.05, 0) is 26.7 Å². The van der Waals surface area contributed by atoms with Crippen molar-refractivity contribution in [1.29, 1.82) is 0 Å². The third-order valence-electron chi connectivity index (χ3n) is 3.38. The first kappa shape index (κ1) is 12.8. The molecule has 0 bridgehead atoms. The lowest BCUT2D eigenvalue weighted by atomic mass is 10.1. The number of rotatable bonds is 2. The molecule has 0 aromatic carbocycles. The zero-order chi connectivity index (χ0) is 12.4. The molecule has 2 saturated heterocycles. The summed E-state index contributed by atoms with van der Waals surface area (Å²) >= 11 is 0. The largest absolute Gasteiger partial charge is 0.372 e. The van der Waals surface area contributed by atoms with E-state index in [4.69, 9.17) is 15.2 Å². The van der Waals surface area contributed by atoms with Crippen LogP contribution in [0, 0.1) is 0 Å². The average molecular weight is 242 g/mol. The third-order valence-corrected chi connectivity index (χ3v) is 3.38. The van der Waals surface area contributed by atoms with Crippen LogP contribution < -0.4 is 5.73 Å². The highest BCUT2D eigenvalue weighted by Gasteiger charge is 2.35. The molecule has 0 spiro atoms. The summed E-state index contributed by atoms with van der Waals surface area (Å²) in [5.41, 5.74) is 5.55. The van der Waals surface area contributed by atoms with Crippen molar-refractivity contribution < 1.29 is 14.3 Å². The van der Waals surface area contributed by atoms with E-state index >= 15 is 0 Å². The minimum atomic E-state index is -0.291. The zero-order valence-electron chi connectivity index (χ0n) is 10.6. The summed E-state index contributed by atoms with van der Waals surface area (Å²) in [6.07, 6.45) is 1.66. The molecule has 2 aliphatic rings. The predicted molar refractivity (Wildman–Crippen MR) is 63.5 cm³/mol. The Morgan fingerprint density at radius 3 is 2.41 bits per heavy atom. The summed E-state index contributed by atoms with van der Waals surface area (Å²) in [4.78, 5) is 14.1. The normalized spacial score (nSPS) is 38.4. The first-order chi connectivity index (χ1) is 8.10. The number of nitrogens with zero attached hydrogens (tertiary/aromatic N) is 1. The lowest BCUT2D eigenvalue weighted by Gasteiger charge is -2.36. The van der Waals surface area contributed by atoms with E-state index in [2.05, 4.69) is 0 Å². The molecule has 2 N–H and O–H groups in total. The Bertz CT molecular complexity index is 275. The Balaban J connectivity index is 1.91. The van der Waals surface area contributed by atoms with Gasteiger partial charge in [-0.2, -0.15) is 0 Å². The van der Waals surface area contributed by atoms with E-state index in [0.717, 1.165) is 12.8 Å². The van der Waals surface area contributed by atoms with Gasteiger partial charge in [-0.3, -0.25) is 4.79 Å². The number of morpholine rings is 1. The van der Waals surface area contributed by atoms with Crippen molar-refractivity contribution in [2.24, 2.45) is 5.73 Å². The number of amides is 1. The fourth-order valence-corrected chi connectivity index (χ4v) is 2.62. The van der Waals surface area contributed by atoms with Gasteiger partial charge in [-0.25, -0.2) is 0 Å². The molecule has 2 unspecified atom stereocenters. The van der Waals surface area contributed by atoms with E-state index in [1.807, 2.05) is 18.7 Å². The van der Waals surface area contributed by atoms with Crippen molar-refractivity contribution >= 4 is 5.91 Å². The monoisotopic (exact) mass is 242 g/mol. The Hall–Kier alpha value is -0.650. The van der Waals surface area contributed by atoms with Crippen LogP contribution in [0.1, 0.15) is 26.7 Å². The van der Waals surface area contributed by atoms with Crippen LogP contribution in [0.4, 0.5) is 0 Å². The second-order valence-corrected chi connectivity index (χ2v) is 5.06. The zero-order valence-corrected chi connectivity index (χ0v) is 10.6. The van der Waals surface area contributed by atoms with E-state index in [1.54, 1.807) is 0 Å². The number of carbonyl (C=O) groups is 1. The molecular formula is C12H22N2O3. The van der Waals surface area contributed by atoms with Crippen LogP contribution in [0.15, 0.2) is 0 Å². The number of hydrogen-bond donors (Lipinski definition) is 1. The Kier molecular flexibility index (Phi) is 4.01. The maximum Gasteiger partial charge on any atom is 0.251 e. The van der Waals surface area contributed by atoms with Crippen molar-refractivity contribution in [1.82, 2.24) is 4.90 Å². The van der Waals surface area contributed by atoms with Crippen molar-refractivity contribution in [2.45, 2.75) is 51.1 Å². The maximum atomic E-state index is 12.3. The Morgan fingerprint density at radius 2 is 1.88 bits per heavy atom. The number of carbonyl (C=O) groups excluding carboxylic acids is 1. The summed E-state index contributed by atoms with van der Waals surface area (Å²) in [5, 5.41) is 0. The second-order valence-electron chi connectivity index (χ2n) is 5.06. The van der Waals surface area contributed by atoms with Gasteiger partial charge in [0.15, 0.2) is 0 Å². The van der Waals surface area contributed by atoms with E-state index in [9.17, 15) is 4.79 Å². The van der Waals surface area contributed by atoms with Gasteiger partial charge in [0.2, 0.25) is 0 Å². The minimum Gasteiger partial charge on any atom is -0.372 e. The first-order valence-electron chi connectivity index (χ1n) is 6.40. The summed E-state index contributed by atoms with van der Waals surface area (Å²) in [5.74, 6) is 0.1000. The van der Waals surface area contributed by atoms with Gasteiger partial charge in [0.1, 0.15) is 6.10 Å². The molecule has 0 aromatic rings. The van der Waals surface area contributed by atoms with E-state index in [0.29, 0.717) is 19.6 Å². The van der Waals surface area contributed by atoms with Gasteiger partial charge >= 0.3 is 0 Å². The van der Waals surface area contributed by atoms with Crippen LogP contribution in [-0.2, 0) is 14.3 Å². The van der Waals surface area contributed by atoms with E-state index in [1.165, 1.54) is 0 Å². The van der Waals surface area contributed by atoms with Crippen molar-refractivity contribution in [3.63, 3.8) is 0 Å². The molecule has 0 aliphatic carbocycles. The maximum absolute atomic E-state index is 12.3. The SMILES string of the molecule is C[C@@H]1CN(C(=O)C2CCC(CN)O2)C[C@H](C)O1. The highest BCUT2D eigenvalue weighted by atomic mass is 16.5. The standard InChI is InChI=1S/C12H22N2O3/c1-8-6-14(7-9(2)16-8)12(15)11-4-3-10(5-13)17-11/h8-11H,3-7,13H2,1-2H3/t8-,9+,10?,11?. The molecule has 4 atom stereocenters. The quantitative estimate of drug-likeness (QED) is 0.747. The van der Waals surface area contributed by atoms with Crippen LogP contribution in [0.3, 0.4) is 0 Å². The Labute approximate surface area is 102 Å². The Morgan fingerprint density at radius 1 is 1.24 bits per heavy atom. The molecule has 2 fully saturated rings. The molecule has 0 aromatic heterocycles. The average Bonchev–Trinajstić information content (AvgIpc) is 2.75. The molecular weight excluding hydrogens is 220 g/mol. The second kappa shape index (κ2) is 5.33. The molecule has 2 rings (SSSR count). The first-order valence-corrected chi connectivity index (χ1v) is 6.40. The summed E-state index contributed by atoms with van der Waals surface area (Å²) in [6, 6.07) is 0. The number of ether oxygens (including phenoxy) is 2. The summed E-state index contributed by atoms with van der Waals surface area (Å²) < 4.78 is 11.3. The van der Waals surface area contributed by atoms with Gasteiger partial charge in [-0.1, -0.05) is 0 Å². The molecule has 5 nitrogen and oxygen atoms in total. The predicted octanol–water partition coefficient (Wildman–Crippen LogP) is 0.129. The smallest absolute Gasteiger partial charge is 0.251 e. The summed E-state index contributed by atoms with van der Waals surface area (Å²) in [7, 11) is 0. The minimum absolute atomic E-state index is 0.0554. The highest BCUT2D eigenvalue weighted by Crippen LogP contribution is 2.22. The van der Waals surface area contributed by atoms with Crippen LogP contribution in [-0.4, -0.2) is 54.9 Å². The molecule has 0 radical (unpaired) electrons. The number of hydrogen-bond acceptors (Lipinski definition) is 4. The molecule has 0 saturated carbocycles. The van der Waals surface area contributed by atoms with Gasteiger partial charge in [-0.15, -0.1) is 0 Å². The molecule has 17 heavy (non-hydrogen) atoms.